The van der Waals surface area contributed by atoms with E-state index < -0.39 is 4.92 Å². The van der Waals surface area contributed by atoms with Gasteiger partial charge in [-0.15, -0.1) is 0 Å². The molecule has 1 aliphatic rings. The van der Waals surface area contributed by atoms with Gasteiger partial charge in [-0.25, -0.2) is 0 Å². The SMILES string of the molecule is CC1CCN=C1[N+](=O)[O-]. The summed E-state index contributed by atoms with van der Waals surface area (Å²) in [7, 11) is 0. The van der Waals surface area contributed by atoms with Crippen molar-refractivity contribution in [3.63, 3.8) is 0 Å². The Kier molecular flexibility index (Phi) is 1.46. The van der Waals surface area contributed by atoms with Crippen LogP contribution in [0.3, 0.4) is 0 Å². The predicted molar refractivity (Wildman–Crippen MR) is 33.1 cm³/mol. The fourth-order valence-electron chi connectivity index (χ4n) is 0.895. The Bertz CT molecular complexity index is 164. The van der Waals surface area contributed by atoms with Gasteiger partial charge in [0.25, 0.3) is 0 Å². The summed E-state index contributed by atoms with van der Waals surface area (Å²) in [4.78, 5) is 13.4. The zero-order valence-electron chi connectivity index (χ0n) is 5.20. The van der Waals surface area contributed by atoms with Gasteiger partial charge in [-0.1, -0.05) is 11.9 Å². The van der Waals surface area contributed by atoms with E-state index in [9.17, 15) is 10.1 Å². The fraction of sp³-hybridized carbons (Fsp3) is 0.800. The number of hydrogen-bond donors (Lipinski definition) is 0. The van der Waals surface area contributed by atoms with Crippen LogP contribution in [-0.2, 0) is 0 Å². The van der Waals surface area contributed by atoms with E-state index in [1.54, 1.807) is 0 Å². The molecule has 1 rings (SSSR count). The molecule has 4 nitrogen and oxygen atoms in total. The summed E-state index contributed by atoms with van der Waals surface area (Å²) in [5, 5.41) is 10.1. The molecule has 0 spiro atoms. The largest absolute Gasteiger partial charge is 0.358 e. The highest BCUT2D eigenvalue weighted by Crippen LogP contribution is 2.12. The molecule has 0 bridgehead atoms. The van der Waals surface area contributed by atoms with Crippen LogP contribution >= 0.6 is 0 Å². The van der Waals surface area contributed by atoms with Gasteiger partial charge in [-0.2, -0.15) is 0 Å². The van der Waals surface area contributed by atoms with Crippen LogP contribution in [0.4, 0.5) is 0 Å². The molecule has 1 unspecified atom stereocenters. The van der Waals surface area contributed by atoms with E-state index in [2.05, 4.69) is 4.99 Å². The van der Waals surface area contributed by atoms with Gasteiger partial charge in [0.1, 0.15) is 6.54 Å². The first-order valence-electron chi connectivity index (χ1n) is 2.90. The molecule has 4 heteroatoms. The summed E-state index contributed by atoms with van der Waals surface area (Å²) >= 11 is 0. The van der Waals surface area contributed by atoms with Crippen molar-refractivity contribution in [2.45, 2.75) is 13.3 Å². The van der Waals surface area contributed by atoms with Gasteiger partial charge in [0.15, 0.2) is 0 Å². The van der Waals surface area contributed by atoms with E-state index in [-0.39, 0.29) is 11.8 Å². The van der Waals surface area contributed by atoms with Gasteiger partial charge in [0.2, 0.25) is 0 Å². The van der Waals surface area contributed by atoms with Crippen LogP contribution in [0.15, 0.2) is 4.99 Å². The highest BCUT2D eigenvalue weighted by Gasteiger charge is 2.26. The molecule has 1 heterocycles. The number of rotatable bonds is 0. The standard InChI is InChI=1S/C5H8N2O2/c1-4-2-3-6-5(4)7(8)9/h4H,2-3H2,1H3. The van der Waals surface area contributed by atoms with Crippen LogP contribution in [0.2, 0.25) is 0 Å². The normalized spacial score (nSPS) is 25.9. The highest BCUT2D eigenvalue weighted by atomic mass is 16.6. The molecule has 0 aromatic rings. The van der Waals surface area contributed by atoms with Crippen LogP contribution in [0, 0.1) is 16.0 Å². The molecule has 9 heavy (non-hydrogen) atoms. The molecule has 0 aromatic heterocycles. The molecular weight excluding hydrogens is 120 g/mol. The average Bonchev–Trinajstić information content (AvgIpc) is 2.13. The van der Waals surface area contributed by atoms with Crippen molar-refractivity contribution in [1.82, 2.24) is 0 Å². The summed E-state index contributed by atoms with van der Waals surface area (Å²) in [6, 6.07) is 0. The molecule has 0 amide bonds. The van der Waals surface area contributed by atoms with E-state index in [0.29, 0.717) is 6.54 Å². The van der Waals surface area contributed by atoms with Crippen molar-refractivity contribution in [2.75, 3.05) is 6.54 Å². The van der Waals surface area contributed by atoms with Gasteiger partial charge in [-0.05, 0) is 4.92 Å². The molecule has 0 radical (unpaired) electrons. The minimum absolute atomic E-state index is 0.0556. The number of amidine groups is 1. The second kappa shape index (κ2) is 2.13. The molecule has 0 saturated carbocycles. The molecule has 0 aliphatic carbocycles. The van der Waals surface area contributed by atoms with E-state index >= 15 is 0 Å². The van der Waals surface area contributed by atoms with Gasteiger partial charge in [-0.3, -0.25) is 0 Å². The van der Waals surface area contributed by atoms with E-state index in [1.165, 1.54) is 0 Å². The van der Waals surface area contributed by atoms with Crippen LogP contribution in [0.25, 0.3) is 0 Å². The number of nitrogens with zero attached hydrogens (tertiary/aromatic N) is 2. The first-order chi connectivity index (χ1) is 4.22. The van der Waals surface area contributed by atoms with Crippen molar-refractivity contribution in [3.05, 3.63) is 10.1 Å². The lowest BCUT2D eigenvalue weighted by molar-refractivity contribution is -0.355. The second-order valence-electron chi connectivity index (χ2n) is 2.19. The van der Waals surface area contributed by atoms with Crippen molar-refractivity contribution in [3.8, 4) is 0 Å². The Morgan fingerprint density at radius 1 is 1.89 bits per heavy atom. The summed E-state index contributed by atoms with van der Waals surface area (Å²) in [6.45, 7) is 2.45. The van der Waals surface area contributed by atoms with Gasteiger partial charge >= 0.3 is 5.84 Å². The first kappa shape index (κ1) is 6.19. The Labute approximate surface area is 52.7 Å². The van der Waals surface area contributed by atoms with Crippen molar-refractivity contribution < 1.29 is 4.92 Å². The van der Waals surface area contributed by atoms with Crippen molar-refractivity contribution in [1.29, 1.82) is 0 Å². The van der Waals surface area contributed by atoms with Gasteiger partial charge in [0, 0.05) is 6.42 Å². The molecule has 50 valence electrons. The Hall–Kier alpha value is -0.930. The van der Waals surface area contributed by atoms with E-state index in [0.717, 1.165) is 6.42 Å². The van der Waals surface area contributed by atoms with E-state index in [4.69, 9.17) is 0 Å². The first-order valence-corrected chi connectivity index (χ1v) is 2.90. The van der Waals surface area contributed by atoms with Crippen molar-refractivity contribution >= 4 is 5.84 Å². The number of nitro groups is 1. The molecule has 0 aromatic carbocycles. The quantitative estimate of drug-likeness (QED) is 0.356. The minimum Gasteiger partial charge on any atom is -0.358 e. The lowest BCUT2D eigenvalue weighted by atomic mass is 10.1. The van der Waals surface area contributed by atoms with Crippen LogP contribution in [0.5, 0.6) is 0 Å². The van der Waals surface area contributed by atoms with Crippen LogP contribution in [0.1, 0.15) is 13.3 Å². The lowest BCUT2D eigenvalue weighted by Gasteiger charge is -1.96. The molecular formula is C5H8N2O2. The lowest BCUT2D eigenvalue weighted by Crippen LogP contribution is -2.15. The average molecular weight is 128 g/mol. The molecule has 0 saturated heterocycles. The molecule has 0 N–H and O–H groups in total. The zero-order valence-corrected chi connectivity index (χ0v) is 5.20. The second-order valence-corrected chi connectivity index (χ2v) is 2.19. The summed E-state index contributed by atoms with van der Waals surface area (Å²) in [5.41, 5.74) is 0. The minimum atomic E-state index is -0.391. The Morgan fingerprint density at radius 3 is 2.78 bits per heavy atom. The Morgan fingerprint density at radius 2 is 2.56 bits per heavy atom. The Balaban J connectivity index is 2.68. The van der Waals surface area contributed by atoms with Gasteiger partial charge in [0.05, 0.1) is 5.92 Å². The van der Waals surface area contributed by atoms with Crippen molar-refractivity contribution in [2.24, 2.45) is 10.9 Å². The maximum atomic E-state index is 10.1. The highest BCUT2D eigenvalue weighted by molar-refractivity contribution is 5.77. The molecule has 0 fully saturated rings. The number of aliphatic imine (C=N–C) groups is 1. The third-order valence-corrected chi connectivity index (χ3v) is 1.46. The third kappa shape index (κ3) is 1.06. The molecule has 1 atom stereocenters. The summed E-state index contributed by atoms with van der Waals surface area (Å²) in [6.07, 6.45) is 0.830. The third-order valence-electron chi connectivity index (χ3n) is 1.46. The van der Waals surface area contributed by atoms with Crippen LogP contribution in [-0.4, -0.2) is 17.3 Å². The number of hydrogen-bond acceptors (Lipinski definition) is 3. The summed E-state index contributed by atoms with van der Waals surface area (Å²) < 4.78 is 0. The topological polar surface area (TPSA) is 55.5 Å². The van der Waals surface area contributed by atoms with Crippen LogP contribution < -0.4 is 0 Å². The van der Waals surface area contributed by atoms with E-state index in [1.807, 2.05) is 6.92 Å². The predicted octanol–water partition coefficient (Wildman–Crippen LogP) is 0.701. The smallest absolute Gasteiger partial charge is 0.336 e. The zero-order chi connectivity index (χ0) is 6.85. The van der Waals surface area contributed by atoms with Gasteiger partial charge < -0.3 is 10.1 Å². The maximum absolute atomic E-state index is 10.1. The molecule has 1 aliphatic heterocycles. The maximum Gasteiger partial charge on any atom is 0.336 e. The summed E-state index contributed by atoms with van der Waals surface area (Å²) in [5.74, 6) is 0.204. The fourth-order valence-corrected chi connectivity index (χ4v) is 0.895. The monoisotopic (exact) mass is 128 g/mol.